The zero-order valence-electron chi connectivity index (χ0n) is 14.7. The first-order valence-corrected chi connectivity index (χ1v) is 9.07. The van der Waals surface area contributed by atoms with Crippen LogP contribution in [-0.2, 0) is 9.59 Å². The molecule has 0 heterocycles. The molecule has 2 rings (SSSR count). The Bertz CT molecular complexity index is 781. The zero-order chi connectivity index (χ0) is 19.1. The topological polar surface area (TPSA) is 34.1 Å². The molecule has 2 atom stereocenters. The highest BCUT2D eigenvalue weighted by Crippen LogP contribution is 2.18. The highest BCUT2D eigenvalue weighted by atomic mass is 35.5. The lowest BCUT2D eigenvalue weighted by molar-refractivity contribution is -0.126. The quantitative estimate of drug-likeness (QED) is 0.536. The summed E-state index contributed by atoms with van der Waals surface area (Å²) in [5, 5.41) is 1.23. The van der Waals surface area contributed by atoms with Gasteiger partial charge in [-0.1, -0.05) is 73.5 Å². The molecule has 0 aliphatic carbocycles. The Kier molecular flexibility index (Phi) is 7.38. The number of halogens is 2. The molecule has 0 spiro atoms. The summed E-state index contributed by atoms with van der Waals surface area (Å²) >= 11 is 11.9. The van der Waals surface area contributed by atoms with Gasteiger partial charge in [-0.2, -0.15) is 0 Å². The van der Waals surface area contributed by atoms with Crippen LogP contribution in [0.2, 0.25) is 10.0 Å². The number of allylic oxidation sites excluding steroid dienone is 2. The van der Waals surface area contributed by atoms with Gasteiger partial charge in [0, 0.05) is 21.9 Å². The van der Waals surface area contributed by atoms with Crippen LogP contribution in [0.4, 0.5) is 0 Å². The molecule has 134 valence electrons. The molecule has 0 aliphatic rings. The second-order valence-corrected chi connectivity index (χ2v) is 7.03. The summed E-state index contributed by atoms with van der Waals surface area (Å²) in [6.45, 7) is 3.53. The number of hydrogen-bond acceptors (Lipinski definition) is 2. The summed E-state index contributed by atoms with van der Waals surface area (Å²) in [4.78, 5) is 24.7. The second-order valence-electron chi connectivity index (χ2n) is 6.16. The molecular formula is C22H20Cl2O2. The standard InChI is InChI=1S/C22H20Cl2O2/c1-15(21(25)11-9-17-5-3-7-19(23)13-17)16(2)22(26)12-10-18-6-4-8-20(24)14-18/h3-16H,1-2H3/b11-9+,12-10+. The Morgan fingerprint density at radius 3 is 1.50 bits per heavy atom. The summed E-state index contributed by atoms with van der Waals surface area (Å²) in [5.74, 6) is -1.02. The molecule has 0 fully saturated rings. The van der Waals surface area contributed by atoms with E-state index in [9.17, 15) is 9.59 Å². The van der Waals surface area contributed by atoms with Gasteiger partial charge in [-0.25, -0.2) is 0 Å². The molecule has 2 aromatic carbocycles. The van der Waals surface area contributed by atoms with Gasteiger partial charge in [-0.15, -0.1) is 0 Å². The molecule has 0 radical (unpaired) electrons. The first kappa shape index (κ1) is 20.2. The van der Waals surface area contributed by atoms with Crippen molar-refractivity contribution in [2.45, 2.75) is 13.8 Å². The SMILES string of the molecule is CC(C(=O)/C=C/c1cccc(Cl)c1)C(C)C(=O)/C=C/c1cccc(Cl)c1. The van der Waals surface area contributed by atoms with Crippen LogP contribution >= 0.6 is 23.2 Å². The van der Waals surface area contributed by atoms with Gasteiger partial charge in [-0.3, -0.25) is 9.59 Å². The van der Waals surface area contributed by atoms with Crippen molar-refractivity contribution in [1.82, 2.24) is 0 Å². The van der Waals surface area contributed by atoms with E-state index < -0.39 is 11.8 Å². The van der Waals surface area contributed by atoms with Gasteiger partial charge in [0.15, 0.2) is 11.6 Å². The number of benzene rings is 2. The molecule has 2 aromatic rings. The van der Waals surface area contributed by atoms with Crippen LogP contribution < -0.4 is 0 Å². The second kappa shape index (κ2) is 9.51. The van der Waals surface area contributed by atoms with E-state index in [-0.39, 0.29) is 11.6 Å². The number of carbonyl (C=O) groups is 2. The zero-order valence-corrected chi connectivity index (χ0v) is 16.2. The molecule has 0 amide bonds. The maximum absolute atomic E-state index is 12.4. The highest BCUT2D eigenvalue weighted by Gasteiger charge is 2.22. The fraction of sp³-hybridized carbons (Fsp3) is 0.182. The van der Waals surface area contributed by atoms with Crippen molar-refractivity contribution >= 4 is 46.9 Å². The minimum Gasteiger partial charge on any atom is -0.295 e. The lowest BCUT2D eigenvalue weighted by Gasteiger charge is -2.14. The first-order valence-electron chi connectivity index (χ1n) is 8.32. The molecule has 0 aliphatic heterocycles. The van der Waals surface area contributed by atoms with Gasteiger partial charge >= 0.3 is 0 Å². The van der Waals surface area contributed by atoms with E-state index in [0.717, 1.165) is 11.1 Å². The van der Waals surface area contributed by atoms with E-state index >= 15 is 0 Å². The predicted octanol–water partition coefficient (Wildman–Crippen LogP) is 6.13. The summed E-state index contributed by atoms with van der Waals surface area (Å²) in [5.41, 5.74) is 1.69. The van der Waals surface area contributed by atoms with Crippen LogP contribution in [0.5, 0.6) is 0 Å². The van der Waals surface area contributed by atoms with Crippen LogP contribution in [-0.4, -0.2) is 11.6 Å². The van der Waals surface area contributed by atoms with Crippen molar-refractivity contribution in [3.63, 3.8) is 0 Å². The van der Waals surface area contributed by atoms with Gasteiger partial charge in [0.2, 0.25) is 0 Å². The van der Waals surface area contributed by atoms with Gasteiger partial charge in [0.05, 0.1) is 0 Å². The third kappa shape index (κ3) is 5.98. The van der Waals surface area contributed by atoms with Crippen molar-refractivity contribution in [3.8, 4) is 0 Å². The monoisotopic (exact) mass is 386 g/mol. The molecule has 0 bridgehead atoms. The lowest BCUT2D eigenvalue weighted by Crippen LogP contribution is -2.23. The fourth-order valence-electron chi connectivity index (χ4n) is 2.37. The first-order chi connectivity index (χ1) is 12.4. The summed E-state index contributed by atoms with van der Waals surface area (Å²) in [7, 11) is 0. The Morgan fingerprint density at radius 2 is 1.15 bits per heavy atom. The van der Waals surface area contributed by atoms with Crippen LogP contribution in [0, 0.1) is 11.8 Å². The van der Waals surface area contributed by atoms with E-state index in [1.165, 1.54) is 12.2 Å². The van der Waals surface area contributed by atoms with E-state index in [1.807, 2.05) is 24.3 Å². The molecule has 2 unspecified atom stereocenters. The molecular weight excluding hydrogens is 367 g/mol. The predicted molar refractivity (Wildman–Crippen MR) is 109 cm³/mol. The van der Waals surface area contributed by atoms with Crippen molar-refractivity contribution in [3.05, 3.63) is 81.9 Å². The Balaban J connectivity index is 1.99. The van der Waals surface area contributed by atoms with Gasteiger partial charge in [-0.05, 0) is 47.5 Å². The van der Waals surface area contributed by atoms with E-state index in [4.69, 9.17) is 23.2 Å². The highest BCUT2D eigenvalue weighted by molar-refractivity contribution is 6.31. The van der Waals surface area contributed by atoms with Crippen molar-refractivity contribution in [2.75, 3.05) is 0 Å². The Labute approximate surface area is 164 Å². The molecule has 0 saturated heterocycles. The minimum atomic E-state index is -0.415. The maximum Gasteiger partial charge on any atom is 0.159 e. The average Bonchev–Trinajstić information content (AvgIpc) is 2.63. The van der Waals surface area contributed by atoms with Gasteiger partial charge in [0.25, 0.3) is 0 Å². The lowest BCUT2D eigenvalue weighted by atomic mass is 9.87. The number of rotatable bonds is 7. The molecule has 0 N–H and O–H groups in total. The summed E-state index contributed by atoms with van der Waals surface area (Å²) in [6.07, 6.45) is 6.43. The Morgan fingerprint density at radius 1 is 0.769 bits per heavy atom. The summed E-state index contributed by atoms with van der Waals surface area (Å²) < 4.78 is 0. The van der Waals surface area contributed by atoms with Crippen LogP contribution in [0.1, 0.15) is 25.0 Å². The average molecular weight is 387 g/mol. The van der Waals surface area contributed by atoms with E-state index in [1.54, 1.807) is 50.3 Å². The molecule has 0 saturated carbocycles. The normalized spacial score (nSPS) is 13.8. The van der Waals surface area contributed by atoms with Gasteiger partial charge in [0.1, 0.15) is 0 Å². The van der Waals surface area contributed by atoms with E-state index in [2.05, 4.69) is 0 Å². The number of hydrogen-bond donors (Lipinski definition) is 0. The number of carbonyl (C=O) groups excluding carboxylic acids is 2. The van der Waals surface area contributed by atoms with Crippen LogP contribution in [0.15, 0.2) is 60.7 Å². The maximum atomic E-state index is 12.4. The fourth-order valence-corrected chi connectivity index (χ4v) is 2.77. The molecule has 26 heavy (non-hydrogen) atoms. The molecule has 2 nitrogen and oxygen atoms in total. The van der Waals surface area contributed by atoms with Crippen molar-refractivity contribution in [2.24, 2.45) is 11.8 Å². The molecule has 4 heteroatoms. The largest absolute Gasteiger partial charge is 0.295 e. The molecule has 0 aromatic heterocycles. The number of ketones is 2. The van der Waals surface area contributed by atoms with Crippen molar-refractivity contribution < 1.29 is 9.59 Å². The van der Waals surface area contributed by atoms with Gasteiger partial charge < -0.3 is 0 Å². The third-order valence-electron chi connectivity index (χ3n) is 4.23. The van der Waals surface area contributed by atoms with E-state index in [0.29, 0.717) is 10.0 Å². The third-order valence-corrected chi connectivity index (χ3v) is 4.70. The minimum absolute atomic E-state index is 0.0954. The van der Waals surface area contributed by atoms with Crippen LogP contribution in [0.25, 0.3) is 12.2 Å². The van der Waals surface area contributed by atoms with Crippen LogP contribution in [0.3, 0.4) is 0 Å². The smallest absolute Gasteiger partial charge is 0.159 e. The van der Waals surface area contributed by atoms with Crippen molar-refractivity contribution in [1.29, 1.82) is 0 Å². The summed E-state index contributed by atoms with van der Waals surface area (Å²) in [6, 6.07) is 14.5. The Hall–Kier alpha value is -2.16.